The van der Waals surface area contributed by atoms with Gasteiger partial charge in [-0.2, -0.15) is 0 Å². The predicted molar refractivity (Wildman–Crippen MR) is 136 cm³/mol. The van der Waals surface area contributed by atoms with E-state index in [2.05, 4.69) is 6.92 Å². The van der Waals surface area contributed by atoms with Crippen molar-refractivity contribution in [1.29, 1.82) is 0 Å². The molecule has 0 amide bonds. The van der Waals surface area contributed by atoms with E-state index in [1.165, 1.54) is 122 Å². The smallest absolute Gasteiger partial charge is 0.119 e. The molecule has 1 aromatic rings. The van der Waals surface area contributed by atoms with Crippen molar-refractivity contribution in [2.24, 2.45) is 0 Å². The number of aliphatic hydroxyl groups is 1. The first-order valence-corrected chi connectivity index (χ1v) is 13.7. The molecule has 180 valence electrons. The normalized spacial score (nSPS) is 11.2. The first-order valence-electron chi connectivity index (χ1n) is 13.7. The highest BCUT2D eigenvalue weighted by atomic mass is 16.5. The topological polar surface area (TPSA) is 29.5 Å². The summed E-state index contributed by atoms with van der Waals surface area (Å²) in [5.74, 6) is 0.912. The van der Waals surface area contributed by atoms with Crippen LogP contribution in [0.15, 0.2) is 24.3 Å². The van der Waals surface area contributed by atoms with E-state index >= 15 is 0 Å². The maximum Gasteiger partial charge on any atom is 0.119 e. The van der Waals surface area contributed by atoms with Crippen LogP contribution in [0.25, 0.3) is 0 Å². The maximum absolute atomic E-state index is 9.04. The second-order valence-corrected chi connectivity index (χ2v) is 9.37. The molecular formula is C29H52O2. The quantitative estimate of drug-likeness (QED) is 0.174. The lowest BCUT2D eigenvalue weighted by atomic mass is 10.0. The van der Waals surface area contributed by atoms with Gasteiger partial charge in [-0.05, 0) is 24.1 Å². The van der Waals surface area contributed by atoms with Crippen LogP contribution in [-0.2, 0) is 6.61 Å². The van der Waals surface area contributed by atoms with Gasteiger partial charge < -0.3 is 9.84 Å². The average Bonchev–Trinajstić information content (AvgIpc) is 2.80. The van der Waals surface area contributed by atoms with E-state index < -0.39 is 0 Å². The van der Waals surface area contributed by atoms with Crippen molar-refractivity contribution in [2.75, 3.05) is 6.61 Å². The first-order chi connectivity index (χ1) is 15.4. The fourth-order valence-corrected chi connectivity index (χ4v) is 4.24. The van der Waals surface area contributed by atoms with Gasteiger partial charge in [-0.25, -0.2) is 0 Å². The molecule has 2 nitrogen and oxygen atoms in total. The van der Waals surface area contributed by atoms with Crippen LogP contribution in [-0.4, -0.2) is 11.7 Å². The third-order valence-electron chi connectivity index (χ3n) is 6.37. The molecule has 0 saturated carbocycles. The standard InChI is InChI=1S/C29H52O2/c1-2-3-4-5-6-7-8-9-10-11-12-13-14-15-16-17-18-19-20-21-26-31-29-24-22-28(27-30)23-25-29/h22-25,30H,2-21,26-27H2,1H3. The molecule has 31 heavy (non-hydrogen) atoms. The van der Waals surface area contributed by atoms with Gasteiger partial charge >= 0.3 is 0 Å². The molecule has 1 N–H and O–H groups in total. The predicted octanol–water partition coefficient (Wildman–Crippen LogP) is 9.38. The van der Waals surface area contributed by atoms with E-state index in [0.717, 1.165) is 24.3 Å². The molecule has 0 aliphatic rings. The van der Waals surface area contributed by atoms with Gasteiger partial charge in [-0.3, -0.25) is 0 Å². The molecule has 0 unspecified atom stereocenters. The number of ether oxygens (including phenoxy) is 1. The Balaban J connectivity index is 1.70. The molecule has 0 spiro atoms. The summed E-state index contributed by atoms with van der Waals surface area (Å²) in [6.07, 6.45) is 28.2. The fourth-order valence-electron chi connectivity index (χ4n) is 4.24. The van der Waals surface area contributed by atoms with Crippen LogP contribution in [0.4, 0.5) is 0 Å². The zero-order valence-corrected chi connectivity index (χ0v) is 20.7. The summed E-state index contributed by atoms with van der Waals surface area (Å²) in [4.78, 5) is 0. The molecule has 1 aromatic carbocycles. The first kappa shape index (κ1) is 28.0. The van der Waals surface area contributed by atoms with Crippen LogP contribution in [0.3, 0.4) is 0 Å². The van der Waals surface area contributed by atoms with E-state index in [0.29, 0.717) is 0 Å². The number of hydrogen-bond acceptors (Lipinski definition) is 2. The highest BCUT2D eigenvalue weighted by Gasteiger charge is 1.97. The lowest BCUT2D eigenvalue weighted by Crippen LogP contribution is -1.97. The van der Waals surface area contributed by atoms with E-state index in [4.69, 9.17) is 9.84 Å². The molecule has 1 rings (SSSR count). The lowest BCUT2D eigenvalue weighted by Gasteiger charge is -2.07. The van der Waals surface area contributed by atoms with Crippen molar-refractivity contribution >= 4 is 0 Å². The third-order valence-corrected chi connectivity index (χ3v) is 6.37. The summed E-state index contributed by atoms with van der Waals surface area (Å²) in [6.45, 7) is 3.19. The Morgan fingerprint density at radius 1 is 0.516 bits per heavy atom. The van der Waals surface area contributed by atoms with Crippen LogP contribution >= 0.6 is 0 Å². The molecule has 0 bridgehead atoms. The van der Waals surface area contributed by atoms with Gasteiger partial charge in [0.25, 0.3) is 0 Å². The van der Waals surface area contributed by atoms with Crippen LogP contribution in [0.2, 0.25) is 0 Å². The van der Waals surface area contributed by atoms with Gasteiger partial charge in [0.05, 0.1) is 13.2 Å². The van der Waals surface area contributed by atoms with Gasteiger partial charge in [-0.1, -0.05) is 141 Å². The Kier molecular flexibility index (Phi) is 20.0. The summed E-state index contributed by atoms with van der Waals surface area (Å²) >= 11 is 0. The molecule has 0 saturated heterocycles. The molecule has 0 aromatic heterocycles. The molecular weight excluding hydrogens is 380 g/mol. The molecule has 0 radical (unpaired) electrons. The second-order valence-electron chi connectivity index (χ2n) is 9.37. The van der Waals surface area contributed by atoms with E-state index in [-0.39, 0.29) is 6.61 Å². The number of aliphatic hydroxyl groups excluding tert-OH is 1. The summed E-state index contributed by atoms with van der Waals surface area (Å²) in [5.41, 5.74) is 0.936. The van der Waals surface area contributed by atoms with Gasteiger partial charge in [0, 0.05) is 0 Å². The number of benzene rings is 1. The Morgan fingerprint density at radius 3 is 1.23 bits per heavy atom. The van der Waals surface area contributed by atoms with Crippen molar-refractivity contribution in [2.45, 2.75) is 142 Å². The van der Waals surface area contributed by atoms with Crippen LogP contribution < -0.4 is 4.74 Å². The monoisotopic (exact) mass is 432 g/mol. The molecule has 0 aliphatic carbocycles. The van der Waals surface area contributed by atoms with Crippen molar-refractivity contribution in [1.82, 2.24) is 0 Å². The van der Waals surface area contributed by atoms with Gasteiger partial charge in [0.2, 0.25) is 0 Å². The Morgan fingerprint density at radius 2 is 0.871 bits per heavy atom. The highest BCUT2D eigenvalue weighted by Crippen LogP contribution is 2.16. The molecule has 0 aliphatic heterocycles. The largest absolute Gasteiger partial charge is 0.494 e. The van der Waals surface area contributed by atoms with Crippen LogP contribution in [0, 0.1) is 0 Å². The minimum atomic E-state index is 0.0969. The van der Waals surface area contributed by atoms with Gasteiger partial charge in [0.15, 0.2) is 0 Å². The summed E-state index contributed by atoms with van der Waals surface area (Å²) < 4.78 is 5.76. The van der Waals surface area contributed by atoms with Crippen molar-refractivity contribution < 1.29 is 9.84 Å². The zero-order valence-electron chi connectivity index (χ0n) is 20.7. The Hall–Kier alpha value is -1.02. The van der Waals surface area contributed by atoms with Crippen LogP contribution in [0.1, 0.15) is 141 Å². The lowest BCUT2D eigenvalue weighted by molar-refractivity contribution is 0.281. The fraction of sp³-hybridized carbons (Fsp3) is 0.793. The Labute approximate surface area is 194 Å². The SMILES string of the molecule is CCCCCCCCCCCCCCCCCCCCCCOc1ccc(CO)cc1. The number of hydrogen-bond donors (Lipinski definition) is 1. The summed E-state index contributed by atoms with van der Waals surface area (Å²) in [6, 6.07) is 7.74. The van der Waals surface area contributed by atoms with Crippen molar-refractivity contribution in [3.63, 3.8) is 0 Å². The maximum atomic E-state index is 9.04. The summed E-state index contributed by atoms with van der Waals surface area (Å²) in [7, 11) is 0. The van der Waals surface area contributed by atoms with Gasteiger partial charge in [0.1, 0.15) is 5.75 Å². The average molecular weight is 433 g/mol. The van der Waals surface area contributed by atoms with Crippen LogP contribution in [0.5, 0.6) is 5.75 Å². The zero-order chi connectivity index (χ0) is 22.2. The highest BCUT2D eigenvalue weighted by molar-refractivity contribution is 5.26. The summed E-state index contributed by atoms with van der Waals surface area (Å²) in [5, 5.41) is 9.04. The van der Waals surface area contributed by atoms with Crippen molar-refractivity contribution in [3.05, 3.63) is 29.8 Å². The number of rotatable bonds is 23. The minimum Gasteiger partial charge on any atom is -0.494 e. The van der Waals surface area contributed by atoms with Gasteiger partial charge in [-0.15, -0.1) is 0 Å². The molecule has 0 atom stereocenters. The molecule has 0 fully saturated rings. The molecule has 0 heterocycles. The minimum absolute atomic E-state index is 0.0969. The number of unbranched alkanes of at least 4 members (excludes halogenated alkanes) is 19. The van der Waals surface area contributed by atoms with Crippen molar-refractivity contribution in [3.8, 4) is 5.75 Å². The Bertz CT molecular complexity index is 468. The van der Waals surface area contributed by atoms with E-state index in [1.54, 1.807) is 0 Å². The third kappa shape index (κ3) is 18.3. The van der Waals surface area contributed by atoms with E-state index in [1.807, 2.05) is 24.3 Å². The van der Waals surface area contributed by atoms with E-state index in [9.17, 15) is 0 Å². The second kappa shape index (κ2) is 22.2. The molecule has 2 heteroatoms.